The number of hydrogen-bond acceptors (Lipinski definition) is 4. The van der Waals surface area contributed by atoms with Crippen molar-refractivity contribution < 1.29 is 14.3 Å². The van der Waals surface area contributed by atoms with Gasteiger partial charge in [-0.3, -0.25) is 4.79 Å². The van der Waals surface area contributed by atoms with Gasteiger partial charge in [0.05, 0.1) is 14.2 Å². The van der Waals surface area contributed by atoms with Gasteiger partial charge in [-0.1, -0.05) is 38.1 Å². The minimum absolute atomic E-state index is 0.0407. The molecule has 1 saturated heterocycles. The highest BCUT2D eigenvalue weighted by Gasteiger charge is 2.27. The topological polar surface area (TPSA) is 42.0 Å². The normalized spacial score (nSPS) is 14.4. The molecule has 3 rings (SSSR count). The largest absolute Gasteiger partial charge is 0.496 e. The average molecular weight is 368 g/mol. The van der Waals surface area contributed by atoms with E-state index < -0.39 is 0 Å². The zero-order valence-corrected chi connectivity index (χ0v) is 16.6. The van der Waals surface area contributed by atoms with Gasteiger partial charge in [0.15, 0.2) is 0 Å². The molecule has 0 aromatic heterocycles. The van der Waals surface area contributed by atoms with E-state index in [1.54, 1.807) is 26.4 Å². The van der Waals surface area contributed by atoms with Crippen LogP contribution < -0.4 is 14.4 Å². The van der Waals surface area contributed by atoms with E-state index in [2.05, 4.69) is 43.0 Å². The Morgan fingerprint density at radius 1 is 0.889 bits per heavy atom. The molecule has 5 nitrogen and oxygen atoms in total. The molecule has 0 aliphatic carbocycles. The summed E-state index contributed by atoms with van der Waals surface area (Å²) >= 11 is 0. The molecular weight excluding hydrogens is 340 g/mol. The van der Waals surface area contributed by atoms with E-state index in [1.807, 2.05) is 11.0 Å². The summed E-state index contributed by atoms with van der Waals surface area (Å²) in [7, 11) is 3.15. The number of nitrogens with zero attached hydrogens (tertiary/aromatic N) is 2. The maximum absolute atomic E-state index is 13.1. The van der Waals surface area contributed by atoms with Crippen LogP contribution in [-0.2, 0) is 0 Å². The van der Waals surface area contributed by atoms with Gasteiger partial charge in [0.2, 0.25) is 0 Å². The monoisotopic (exact) mass is 368 g/mol. The maximum Gasteiger partial charge on any atom is 0.261 e. The van der Waals surface area contributed by atoms with Crippen molar-refractivity contribution in [3.8, 4) is 11.5 Å². The molecule has 0 spiro atoms. The number of methoxy groups -OCH3 is 2. The first-order valence-electron chi connectivity index (χ1n) is 9.41. The van der Waals surface area contributed by atoms with Gasteiger partial charge < -0.3 is 19.3 Å². The van der Waals surface area contributed by atoms with Crippen LogP contribution in [0, 0.1) is 0 Å². The highest BCUT2D eigenvalue weighted by Crippen LogP contribution is 2.31. The van der Waals surface area contributed by atoms with Gasteiger partial charge in [0, 0.05) is 31.9 Å². The number of amides is 1. The predicted molar refractivity (Wildman–Crippen MR) is 108 cm³/mol. The molecule has 1 aliphatic rings. The predicted octanol–water partition coefficient (Wildman–Crippen LogP) is 3.79. The summed E-state index contributed by atoms with van der Waals surface area (Å²) in [6.07, 6.45) is 0. The molecule has 0 unspecified atom stereocenters. The molecule has 0 radical (unpaired) electrons. The first-order valence-corrected chi connectivity index (χ1v) is 9.41. The van der Waals surface area contributed by atoms with E-state index in [9.17, 15) is 4.79 Å². The summed E-state index contributed by atoms with van der Waals surface area (Å²) in [4.78, 5) is 17.4. The van der Waals surface area contributed by atoms with Crippen LogP contribution in [0.5, 0.6) is 11.5 Å². The number of piperazine rings is 1. The summed E-state index contributed by atoms with van der Waals surface area (Å²) in [6.45, 7) is 7.40. The number of carbonyl (C=O) groups excluding carboxylic acids is 1. The molecule has 1 heterocycles. The number of benzene rings is 2. The Morgan fingerprint density at radius 2 is 1.48 bits per heavy atom. The molecule has 1 amide bonds. The standard InChI is InChI=1S/C22H28N2O3/c1-16(2)17-8-5-6-9-18(17)23-12-14-24(15-13-23)22(25)21-19(26-3)10-7-11-20(21)27-4/h5-11,16H,12-15H2,1-4H3. The van der Waals surface area contributed by atoms with Crippen LogP contribution >= 0.6 is 0 Å². The first-order chi connectivity index (χ1) is 13.1. The number of hydrogen-bond donors (Lipinski definition) is 0. The lowest BCUT2D eigenvalue weighted by molar-refractivity contribution is 0.0739. The van der Waals surface area contributed by atoms with Crippen LogP contribution in [0.1, 0.15) is 35.7 Å². The lowest BCUT2D eigenvalue weighted by atomic mass is 10.00. The molecule has 0 atom stereocenters. The van der Waals surface area contributed by atoms with Crippen molar-refractivity contribution in [2.75, 3.05) is 45.3 Å². The summed E-state index contributed by atoms with van der Waals surface area (Å²) in [5.74, 6) is 1.53. The fourth-order valence-corrected chi connectivity index (χ4v) is 3.63. The quantitative estimate of drug-likeness (QED) is 0.805. The number of carbonyl (C=O) groups is 1. The summed E-state index contributed by atoms with van der Waals surface area (Å²) in [6, 6.07) is 14.0. The van der Waals surface area contributed by atoms with Crippen LogP contribution in [-0.4, -0.2) is 51.2 Å². The third kappa shape index (κ3) is 3.87. The minimum Gasteiger partial charge on any atom is -0.496 e. The molecule has 2 aromatic rings. The third-order valence-corrected chi connectivity index (χ3v) is 5.11. The highest BCUT2D eigenvalue weighted by atomic mass is 16.5. The molecule has 1 aliphatic heterocycles. The van der Waals surface area contributed by atoms with Crippen molar-refractivity contribution in [1.82, 2.24) is 4.90 Å². The zero-order valence-electron chi connectivity index (χ0n) is 16.6. The van der Waals surface area contributed by atoms with Crippen molar-refractivity contribution in [3.05, 3.63) is 53.6 Å². The molecule has 0 N–H and O–H groups in total. The third-order valence-electron chi connectivity index (χ3n) is 5.11. The molecule has 0 saturated carbocycles. The van der Waals surface area contributed by atoms with Gasteiger partial charge in [-0.05, 0) is 29.7 Å². The number of rotatable bonds is 5. The van der Waals surface area contributed by atoms with Gasteiger partial charge in [-0.2, -0.15) is 0 Å². The Labute approximate surface area is 161 Å². The number of para-hydroxylation sites is 1. The Bertz CT molecular complexity index is 774. The molecule has 0 bridgehead atoms. The van der Waals surface area contributed by atoms with Crippen molar-refractivity contribution >= 4 is 11.6 Å². The van der Waals surface area contributed by atoms with Gasteiger partial charge in [-0.15, -0.1) is 0 Å². The second-order valence-corrected chi connectivity index (χ2v) is 7.03. The Hall–Kier alpha value is -2.69. The van der Waals surface area contributed by atoms with Crippen LogP contribution in [0.2, 0.25) is 0 Å². The van der Waals surface area contributed by atoms with Gasteiger partial charge in [0.25, 0.3) is 5.91 Å². The average Bonchev–Trinajstić information content (AvgIpc) is 2.72. The van der Waals surface area contributed by atoms with Crippen LogP contribution in [0.3, 0.4) is 0 Å². The van der Waals surface area contributed by atoms with Crippen LogP contribution in [0.25, 0.3) is 0 Å². The Kier molecular flexibility index (Phi) is 5.89. The van der Waals surface area contributed by atoms with E-state index >= 15 is 0 Å². The molecule has 27 heavy (non-hydrogen) atoms. The first kappa shape index (κ1) is 19.1. The number of anilines is 1. The SMILES string of the molecule is COc1cccc(OC)c1C(=O)N1CCN(c2ccccc2C(C)C)CC1. The molecule has 144 valence electrons. The van der Waals surface area contributed by atoms with E-state index in [1.165, 1.54) is 11.3 Å². The Morgan fingerprint density at radius 3 is 2.04 bits per heavy atom. The summed E-state index contributed by atoms with van der Waals surface area (Å²) in [5.41, 5.74) is 3.12. The van der Waals surface area contributed by atoms with Crippen LogP contribution in [0.4, 0.5) is 5.69 Å². The minimum atomic E-state index is -0.0407. The molecule has 2 aromatic carbocycles. The van der Waals surface area contributed by atoms with Crippen molar-refractivity contribution in [1.29, 1.82) is 0 Å². The number of ether oxygens (including phenoxy) is 2. The van der Waals surface area contributed by atoms with E-state index in [0.717, 1.165) is 13.1 Å². The molecule has 5 heteroatoms. The van der Waals surface area contributed by atoms with Gasteiger partial charge in [0.1, 0.15) is 17.1 Å². The molecular formula is C22H28N2O3. The summed E-state index contributed by atoms with van der Waals surface area (Å²) < 4.78 is 10.8. The van der Waals surface area contributed by atoms with Gasteiger partial charge in [-0.25, -0.2) is 0 Å². The fourth-order valence-electron chi connectivity index (χ4n) is 3.63. The van der Waals surface area contributed by atoms with Crippen LogP contribution in [0.15, 0.2) is 42.5 Å². The maximum atomic E-state index is 13.1. The van der Waals surface area contributed by atoms with E-state index in [-0.39, 0.29) is 5.91 Å². The lowest BCUT2D eigenvalue weighted by Gasteiger charge is -2.37. The van der Waals surface area contributed by atoms with Gasteiger partial charge >= 0.3 is 0 Å². The van der Waals surface area contributed by atoms with Crippen molar-refractivity contribution in [2.45, 2.75) is 19.8 Å². The van der Waals surface area contributed by atoms with E-state index in [0.29, 0.717) is 36.1 Å². The van der Waals surface area contributed by atoms with E-state index in [4.69, 9.17) is 9.47 Å². The second kappa shape index (κ2) is 8.33. The van der Waals surface area contributed by atoms with Crippen molar-refractivity contribution in [3.63, 3.8) is 0 Å². The smallest absolute Gasteiger partial charge is 0.261 e. The van der Waals surface area contributed by atoms with Crippen molar-refractivity contribution in [2.24, 2.45) is 0 Å². The fraction of sp³-hybridized carbons (Fsp3) is 0.409. The second-order valence-electron chi connectivity index (χ2n) is 7.03. The zero-order chi connectivity index (χ0) is 19.4. The lowest BCUT2D eigenvalue weighted by Crippen LogP contribution is -2.49. The Balaban J connectivity index is 1.76. The highest BCUT2D eigenvalue weighted by molar-refractivity contribution is 5.99. The molecule has 1 fully saturated rings. The summed E-state index contributed by atoms with van der Waals surface area (Å²) in [5, 5.41) is 0.